The Bertz CT molecular complexity index is 1750. The number of rotatable bonds is 5. The maximum Gasteiger partial charge on any atom is 0.255 e. The van der Waals surface area contributed by atoms with Crippen molar-refractivity contribution in [1.82, 2.24) is 23.8 Å². The smallest absolute Gasteiger partial charge is 0.255 e. The van der Waals surface area contributed by atoms with Crippen LogP contribution in [0.3, 0.4) is 0 Å². The number of aromatic nitrogens is 3. The molecule has 12 heteroatoms. The number of carbonyl (C=O) groups excluding carboxylic acids is 1. The highest BCUT2D eigenvalue weighted by atomic mass is 35.5. The Morgan fingerprint density at radius 1 is 0.929 bits per heavy atom. The van der Waals surface area contributed by atoms with Gasteiger partial charge in [-0.15, -0.1) is 10.2 Å². The molecule has 0 saturated carbocycles. The summed E-state index contributed by atoms with van der Waals surface area (Å²) in [6.45, 7) is 1.79. The van der Waals surface area contributed by atoms with Gasteiger partial charge in [0.05, 0.1) is 15.5 Å². The highest BCUT2D eigenvalue weighted by Crippen LogP contribution is 2.38. The lowest BCUT2D eigenvalue weighted by Gasteiger charge is -2.42. The van der Waals surface area contributed by atoms with E-state index in [0.29, 0.717) is 43.6 Å². The zero-order chi connectivity index (χ0) is 29.0. The summed E-state index contributed by atoms with van der Waals surface area (Å²) in [6, 6.07) is 17.3. The molecule has 5 heterocycles. The summed E-state index contributed by atoms with van der Waals surface area (Å²) in [6.07, 6.45) is 4.82. The van der Waals surface area contributed by atoms with Crippen LogP contribution in [0.1, 0.15) is 47.5 Å². The van der Waals surface area contributed by atoms with Crippen LogP contribution in [0, 0.1) is 5.82 Å². The predicted molar refractivity (Wildman–Crippen MR) is 157 cm³/mol. The van der Waals surface area contributed by atoms with Crippen LogP contribution in [0.2, 0.25) is 5.02 Å². The topological polar surface area (TPSA) is 91.1 Å². The van der Waals surface area contributed by atoms with E-state index in [2.05, 4.69) is 27.2 Å². The van der Waals surface area contributed by atoms with Gasteiger partial charge in [-0.2, -0.15) is 4.31 Å². The van der Waals surface area contributed by atoms with Crippen LogP contribution < -0.4 is 4.90 Å². The van der Waals surface area contributed by atoms with Crippen LogP contribution in [0.25, 0.3) is 5.65 Å². The largest absolute Gasteiger partial charge is 0.348 e. The van der Waals surface area contributed by atoms with Crippen molar-refractivity contribution >= 4 is 39.0 Å². The number of fused-ring (bicyclic) bond motifs is 3. The van der Waals surface area contributed by atoms with Crippen molar-refractivity contribution in [2.24, 2.45) is 0 Å². The number of hydrogen-bond acceptors (Lipinski definition) is 6. The molecule has 9 nitrogen and oxygen atoms in total. The van der Waals surface area contributed by atoms with E-state index in [0.717, 1.165) is 31.7 Å². The number of pyridine rings is 1. The Morgan fingerprint density at radius 3 is 2.33 bits per heavy atom. The Hall–Kier alpha value is -3.54. The van der Waals surface area contributed by atoms with Gasteiger partial charge in [-0.1, -0.05) is 41.9 Å². The highest BCUT2D eigenvalue weighted by Gasteiger charge is 2.43. The van der Waals surface area contributed by atoms with Gasteiger partial charge in [-0.3, -0.25) is 9.20 Å². The summed E-state index contributed by atoms with van der Waals surface area (Å²) >= 11 is 6.20. The first-order valence-corrected chi connectivity index (χ1v) is 16.0. The van der Waals surface area contributed by atoms with Crippen LogP contribution in [-0.2, 0) is 10.0 Å². The quantitative estimate of drug-likeness (QED) is 0.329. The Kier molecular flexibility index (Phi) is 6.91. The number of hydrogen-bond donors (Lipinski definition) is 0. The second kappa shape index (κ2) is 10.6. The van der Waals surface area contributed by atoms with E-state index in [-0.39, 0.29) is 33.5 Å². The van der Waals surface area contributed by atoms with Gasteiger partial charge in [0.2, 0.25) is 10.0 Å². The van der Waals surface area contributed by atoms with E-state index in [1.54, 1.807) is 27.7 Å². The number of benzene rings is 2. The monoisotopic (exact) mass is 608 g/mol. The molecule has 1 amide bonds. The molecule has 0 unspecified atom stereocenters. The number of anilines is 1. The van der Waals surface area contributed by atoms with Gasteiger partial charge >= 0.3 is 0 Å². The van der Waals surface area contributed by atoms with Gasteiger partial charge in [-0.25, -0.2) is 12.8 Å². The Morgan fingerprint density at radius 2 is 1.64 bits per heavy atom. The fourth-order valence-electron chi connectivity index (χ4n) is 6.81. The molecule has 2 aromatic heterocycles. The molecule has 2 bridgehead atoms. The second-order valence-corrected chi connectivity index (χ2v) is 13.7. The Balaban J connectivity index is 1.15. The minimum Gasteiger partial charge on any atom is -0.348 e. The van der Waals surface area contributed by atoms with Gasteiger partial charge in [0.15, 0.2) is 5.65 Å². The molecule has 2 atom stereocenters. The number of piperidine rings is 1. The normalized spacial score (nSPS) is 21.8. The van der Waals surface area contributed by atoms with E-state index in [1.165, 1.54) is 17.7 Å². The van der Waals surface area contributed by atoms with E-state index >= 15 is 0 Å². The minimum atomic E-state index is -3.77. The van der Waals surface area contributed by atoms with Crippen molar-refractivity contribution < 1.29 is 17.6 Å². The van der Waals surface area contributed by atoms with Crippen molar-refractivity contribution in [2.75, 3.05) is 31.1 Å². The SMILES string of the molecule is O=C(c1ccc(F)cc1Cl)N1C[C@H]2CC[C@@H](C1)N2c1cc(S(=O)(=O)N2CCC(c3ccccc3)CC2)cc2nncn12. The molecule has 7 rings (SSSR count). The molecular formula is C30H30ClFN6O3S. The fourth-order valence-corrected chi connectivity index (χ4v) is 8.56. The van der Waals surface area contributed by atoms with Gasteiger partial charge < -0.3 is 9.80 Å². The lowest BCUT2D eigenvalue weighted by atomic mass is 9.90. The third-order valence-electron chi connectivity index (χ3n) is 8.92. The molecule has 218 valence electrons. The van der Waals surface area contributed by atoms with E-state index in [9.17, 15) is 17.6 Å². The Labute approximate surface area is 248 Å². The molecule has 4 aromatic rings. The summed E-state index contributed by atoms with van der Waals surface area (Å²) < 4.78 is 44.8. The van der Waals surface area contributed by atoms with Gasteiger partial charge in [0.25, 0.3) is 5.91 Å². The highest BCUT2D eigenvalue weighted by molar-refractivity contribution is 7.89. The maximum absolute atomic E-state index is 13.9. The van der Waals surface area contributed by atoms with Crippen molar-refractivity contribution in [2.45, 2.75) is 48.6 Å². The molecule has 3 fully saturated rings. The molecular weight excluding hydrogens is 579 g/mol. The molecule has 42 heavy (non-hydrogen) atoms. The van der Waals surface area contributed by atoms with Crippen LogP contribution in [0.15, 0.2) is 71.9 Å². The maximum atomic E-state index is 13.9. The molecule has 0 radical (unpaired) electrons. The number of nitrogens with zero attached hydrogens (tertiary/aromatic N) is 6. The van der Waals surface area contributed by atoms with Crippen LogP contribution >= 0.6 is 11.6 Å². The first-order chi connectivity index (χ1) is 20.3. The molecule has 3 saturated heterocycles. The molecule has 0 aliphatic carbocycles. The number of likely N-dealkylation sites (tertiary alicyclic amines) is 1. The van der Waals surface area contributed by atoms with Crippen molar-refractivity contribution in [3.8, 4) is 0 Å². The third kappa shape index (κ3) is 4.73. The van der Waals surface area contributed by atoms with Crippen molar-refractivity contribution in [3.05, 3.63) is 89.0 Å². The summed E-state index contributed by atoms with van der Waals surface area (Å²) in [5.74, 6) is 0.317. The van der Waals surface area contributed by atoms with Gasteiger partial charge in [0, 0.05) is 44.3 Å². The minimum absolute atomic E-state index is 0.0305. The lowest BCUT2D eigenvalue weighted by molar-refractivity contribution is 0.0717. The zero-order valence-electron chi connectivity index (χ0n) is 22.8. The van der Waals surface area contributed by atoms with Gasteiger partial charge in [-0.05, 0) is 61.4 Å². The van der Waals surface area contributed by atoms with Gasteiger partial charge in [0.1, 0.15) is 18.0 Å². The number of sulfonamides is 1. The summed E-state index contributed by atoms with van der Waals surface area (Å²) in [7, 11) is -3.77. The predicted octanol–water partition coefficient (Wildman–Crippen LogP) is 4.58. The average Bonchev–Trinajstić information content (AvgIpc) is 3.58. The van der Waals surface area contributed by atoms with E-state index in [4.69, 9.17) is 11.6 Å². The molecule has 2 aromatic carbocycles. The lowest BCUT2D eigenvalue weighted by Crippen LogP contribution is -2.56. The standard InChI is InChI=1S/C30H30ClFN6O3S/c31-27-14-22(32)6-9-26(27)30(39)35-17-23-7-8-24(18-35)38(23)29-16-25(15-28-34-33-19-37(28)29)42(40,41)36-12-10-21(11-13-36)20-4-2-1-3-5-20/h1-6,9,14-16,19,21,23-24H,7-8,10-13,17-18H2/t23-,24+. The van der Waals surface area contributed by atoms with Crippen LogP contribution in [-0.4, -0.2) is 76.4 Å². The third-order valence-corrected chi connectivity index (χ3v) is 11.1. The first kappa shape index (κ1) is 27.3. The van der Waals surface area contributed by atoms with Crippen molar-refractivity contribution in [3.63, 3.8) is 0 Å². The molecule has 3 aliphatic heterocycles. The molecule has 3 aliphatic rings. The summed E-state index contributed by atoms with van der Waals surface area (Å²) in [5.41, 5.74) is 1.98. The summed E-state index contributed by atoms with van der Waals surface area (Å²) in [4.78, 5) is 17.5. The number of carbonyl (C=O) groups is 1. The molecule has 0 N–H and O–H groups in total. The number of amides is 1. The number of halogens is 2. The first-order valence-electron chi connectivity index (χ1n) is 14.2. The van der Waals surface area contributed by atoms with Crippen LogP contribution in [0.4, 0.5) is 10.2 Å². The van der Waals surface area contributed by atoms with E-state index in [1.807, 2.05) is 22.6 Å². The zero-order valence-corrected chi connectivity index (χ0v) is 24.4. The fraction of sp³-hybridized carbons (Fsp3) is 0.367. The summed E-state index contributed by atoms with van der Waals surface area (Å²) in [5, 5.41) is 8.37. The average molecular weight is 609 g/mol. The second-order valence-electron chi connectivity index (χ2n) is 11.3. The van der Waals surface area contributed by atoms with Crippen LogP contribution in [0.5, 0.6) is 0 Å². The number of piperazine rings is 1. The molecule has 0 spiro atoms. The van der Waals surface area contributed by atoms with Crippen molar-refractivity contribution in [1.29, 1.82) is 0 Å². The van der Waals surface area contributed by atoms with E-state index < -0.39 is 15.8 Å².